The monoisotopic (exact) mass is 467 g/mol. The van der Waals surface area contributed by atoms with Crippen molar-refractivity contribution in [2.75, 3.05) is 0 Å². The van der Waals surface area contributed by atoms with E-state index in [1.54, 1.807) is 6.92 Å². The van der Waals surface area contributed by atoms with Gasteiger partial charge in [0.2, 0.25) is 0 Å². The first-order valence-electron chi connectivity index (χ1n) is 7.67. The normalized spacial score (nSPS) is 9.39. The smallest absolute Gasteiger partial charge is 0 e. The molecule has 4 rings (SSSR count). The Balaban J connectivity index is 0.000000200. The zero-order valence-corrected chi connectivity index (χ0v) is 17.7. The predicted octanol–water partition coefficient (Wildman–Crippen LogP) is 6.57. The Morgan fingerprint density at radius 2 is 1.00 bits per heavy atom. The van der Waals surface area contributed by atoms with E-state index in [4.69, 9.17) is 0 Å². The van der Waals surface area contributed by atoms with Gasteiger partial charge in [0.1, 0.15) is 0 Å². The molecule has 23 heavy (non-hydrogen) atoms. The molecule has 0 aromatic heterocycles. The van der Waals surface area contributed by atoms with E-state index in [0.717, 1.165) is 0 Å². The molecule has 4 aromatic rings. The van der Waals surface area contributed by atoms with Crippen molar-refractivity contribution >= 4 is 21.5 Å². The zero-order chi connectivity index (χ0) is 15.9. The number of fused-ring (bicyclic) bond motifs is 2. The summed E-state index contributed by atoms with van der Waals surface area (Å²) < 4.78 is 0. The molecule has 118 valence electrons. The van der Waals surface area contributed by atoms with E-state index < -0.39 is 0 Å². The summed E-state index contributed by atoms with van der Waals surface area (Å²) in [5.74, 6) is 0. The van der Waals surface area contributed by atoms with Crippen LogP contribution in [0.4, 0.5) is 0 Å². The van der Waals surface area contributed by atoms with E-state index >= 15 is 0 Å². The molecule has 0 amide bonds. The summed E-state index contributed by atoms with van der Waals surface area (Å²) in [6, 6.07) is 25.7. The Bertz CT molecular complexity index is 695. The molecule has 0 atom stereocenters. The molecule has 0 spiro atoms. The van der Waals surface area contributed by atoms with Crippen molar-refractivity contribution in [2.24, 2.45) is 0 Å². The summed E-state index contributed by atoms with van der Waals surface area (Å²) in [7, 11) is 0. The van der Waals surface area contributed by atoms with Crippen molar-refractivity contribution in [3.63, 3.8) is 0 Å². The molecule has 0 nitrogen and oxygen atoms in total. The van der Waals surface area contributed by atoms with Gasteiger partial charge in [-0.3, -0.25) is 0 Å². The molecular formula is C22H23Hf-3. The summed E-state index contributed by atoms with van der Waals surface area (Å²) in [5, 5.41) is 5.39. The second kappa shape index (κ2) is 9.62. The van der Waals surface area contributed by atoms with Gasteiger partial charge >= 0.3 is 0 Å². The Labute approximate surface area is 158 Å². The third kappa shape index (κ3) is 5.28. The van der Waals surface area contributed by atoms with Gasteiger partial charge < -0.3 is 6.92 Å². The van der Waals surface area contributed by atoms with Crippen molar-refractivity contribution in [3.05, 3.63) is 90.8 Å². The van der Waals surface area contributed by atoms with Crippen LogP contribution in [0.3, 0.4) is 0 Å². The average molecular weight is 466 g/mol. The second-order valence-electron chi connectivity index (χ2n) is 5.32. The van der Waals surface area contributed by atoms with Gasteiger partial charge in [-0.25, -0.2) is 0 Å². The topological polar surface area (TPSA) is 0 Å². The van der Waals surface area contributed by atoms with Gasteiger partial charge in [0.25, 0.3) is 0 Å². The number of aryl methyl sites for hydroxylation is 2. The van der Waals surface area contributed by atoms with E-state index in [2.05, 4.69) is 93.6 Å². The third-order valence-corrected chi connectivity index (χ3v) is 3.52. The van der Waals surface area contributed by atoms with Crippen molar-refractivity contribution in [2.45, 2.75) is 20.8 Å². The maximum atomic E-state index is 3.25. The Kier molecular flexibility index (Phi) is 8.19. The fraction of sp³-hybridized carbons (Fsp3) is 0.136. The van der Waals surface area contributed by atoms with E-state index in [0.29, 0.717) is 0 Å². The predicted molar refractivity (Wildman–Crippen MR) is 99.6 cm³/mol. The average Bonchev–Trinajstić information content (AvgIpc) is 3.10. The maximum absolute atomic E-state index is 3.25. The second-order valence-corrected chi connectivity index (χ2v) is 5.32. The molecule has 0 aliphatic carbocycles. The number of benzene rings is 2. The van der Waals surface area contributed by atoms with Crippen LogP contribution in [-0.4, -0.2) is 0 Å². The standard InChI is InChI=1S/2C10H9.C2H5.Hf/c2*1-8-6-9-4-2-3-5-10(9)7-8;1-2;/h2*2-7H,1H3;1H2,2H3;/q3*-1;. The summed E-state index contributed by atoms with van der Waals surface area (Å²) in [6.45, 7) is 9.25. The van der Waals surface area contributed by atoms with Gasteiger partial charge in [0.05, 0.1) is 0 Å². The molecule has 0 aliphatic rings. The van der Waals surface area contributed by atoms with Gasteiger partial charge in [-0.15, -0.1) is 81.2 Å². The molecule has 0 bridgehead atoms. The SMILES string of the molecule is Cc1cc2ccccc2[cH-]1.Cc1cc2ccccc2[cH-]1.[CH2-]C.[Hf]. The van der Waals surface area contributed by atoms with Gasteiger partial charge in [-0.1, -0.05) is 26.0 Å². The summed E-state index contributed by atoms with van der Waals surface area (Å²) >= 11 is 0. The molecule has 0 radical (unpaired) electrons. The van der Waals surface area contributed by atoms with Gasteiger partial charge in [0, 0.05) is 25.8 Å². The Morgan fingerprint density at radius 3 is 1.35 bits per heavy atom. The third-order valence-electron chi connectivity index (χ3n) is 3.52. The molecule has 0 N–H and O–H groups in total. The summed E-state index contributed by atoms with van der Waals surface area (Å²) in [5.41, 5.74) is 2.70. The summed E-state index contributed by atoms with van der Waals surface area (Å²) in [6.07, 6.45) is 0. The molecule has 0 heterocycles. The molecule has 0 unspecified atom stereocenters. The van der Waals surface area contributed by atoms with E-state index in [1.165, 1.54) is 32.7 Å². The van der Waals surface area contributed by atoms with Crippen LogP contribution in [0.5, 0.6) is 0 Å². The first-order valence-corrected chi connectivity index (χ1v) is 7.67. The van der Waals surface area contributed by atoms with Crippen LogP contribution in [-0.2, 0) is 25.8 Å². The van der Waals surface area contributed by atoms with Gasteiger partial charge in [-0.05, 0) is 0 Å². The molecule has 4 aromatic carbocycles. The van der Waals surface area contributed by atoms with Crippen LogP contribution in [0.15, 0.2) is 72.8 Å². The minimum atomic E-state index is 0. The van der Waals surface area contributed by atoms with Crippen molar-refractivity contribution in [3.8, 4) is 0 Å². The molecule has 0 saturated heterocycles. The minimum absolute atomic E-state index is 0. The van der Waals surface area contributed by atoms with E-state index in [-0.39, 0.29) is 25.8 Å². The molecule has 1 heteroatoms. The number of hydrogen-bond donors (Lipinski definition) is 0. The van der Waals surface area contributed by atoms with Crippen LogP contribution >= 0.6 is 0 Å². The molecule has 0 aliphatic heterocycles. The fourth-order valence-electron chi connectivity index (χ4n) is 2.61. The van der Waals surface area contributed by atoms with Crippen molar-refractivity contribution in [1.82, 2.24) is 0 Å². The number of rotatable bonds is 0. The van der Waals surface area contributed by atoms with E-state index in [1.807, 2.05) is 0 Å². The Morgan fingerprint density at radius 1 is 0.652 bits per heavy atom. The van der Waals surface area contributed by atoms with Gasteiger partial charge in [-0.2, -0.15) is 19.1 Å². The molecule has 0 fully saturated rings. The first kappa shape index (κ1) is 19.6. The maximum Gasteiger partial charge on any atom is 0 e. The molecule has 0 saturated carbocycles. The summed E-state index contributed by atoms with van der Waals surface area (Å²) in [4.78, 5) is 0. The largest absolute Gasteiger partial charge is 0.346 e. The van der Waals surface area contributed by atoms with Crippen LogP contribution in [0.25, 0.3) is 21.5 Å². The van der Waals surface area contributed by atoms with Crippen molar-refractivity contribution < 1.29 is 25.8 Å². The van der Waals surface area contributed by atoms with Gasteiger partial charge in [0.15, 0.2) is 0 Å². The Hall–Kier alpha value is -1.47. The first-order chi connectivity index (χ1) is 10.7. The van der Waals surface area contributed by atoms with Crippen molar-refractivity contribution in [1.29, 1.82) is 0 Å². The molecular weight excluding hydrogens is 443 g/mol. The van der Waals surface area contributed by atoms with Crippen LogP contribution in [0.2, 0.25) is 0 Å². The minimum Gasteiger partial charge on any atom is -0.346 e. The number of hydrogen-bond acceptors (Lipinski definition) is 0. The fourth-order valence-corrected chi connectivity index (χ4v) is 2.61. The van der Waals surface area contributed by atoms with Crippen LogP contribution in [0, 0.1) is 20.8 Å². The quantitative estimate of drug-likeness (QED) is 0.203. The zero-order valence-electron chi connectivity index (χ0n) is 14.1. The van der Waals surface area contributed by atoms with E-state index in [9.17, 15) is 0 Å². The van der Waals surface area contributed by atoms with Crippen LogP contribution < -0.4 is 0 Å². The van der Waals surface area contributed by atoms with Crippen LogP contribution in [0.1, 0.15) is 18.1 Å².